The predicted molar refractivity (Wildman–Crippen MR) is 78.9 cm³/mol. The molecule has 1 N–H and O–H groups in total. The summed E-state index contributed by atoms with van der Waals surface area (Å²) in [4.78, 5) is 34.9. The maximum absolute atomic E-state index is 12.5. The van der Waals surface area contributed by atoms with Gasteiger partial charge in [-0.3, -0.25) is 24.6 Å². The van der Waals surface area contributed by atoms with E-state index in [4.69, 9.17) is 5.11 Å². The van der Waals surface area contributed by atoms with Crippen LogP contribution in [0.2, 0.25) is 0 Å². The Balaban J connectivity index is 2.50. The minimum atomic E-state index is -1.26. The summed E-state index contributed by atoms with van der Waals surface area (Å²) in [7, 11) is 0. The second-order valence-electron chi connectivity index (χ2n) is 4.40. The number of carboxylic acids is 1. The highest BCUT2D eigenvalue weighted by Gasteiger charge is 2.26. The average molecular weight is 300 g/mol. The van der Waals surface area contributed by atoms with Crippen molar-refractivity contribution in [2.24, 2.45) is 0 Å². The number of aliphatic carboxylic acids is 1. The van der Waals surface area contributed by atoms with Crippen LogP contribution in [-0.2, 0) is 4.79 Å². The number of carbonyl (C=O) groups is 2. The molecule has 0 radical (unpaired) electrons. The van der Waals surface area contributed by atoms with Gasteiger partial charge in [0.25, 0.3) is 11.6 Å². The molecule has 0 atom stereocenters. The number of nitro benzene ring substituents is 1. The number of amides is 1. The number of hydrogen-bond acceptors (Lipinski definition) is 4. The summed E-state index contributed by atoms with van der Waals surface area (Å²) in [5, 5.41) is 20.1. The zero-order chi connectivity index (χ0) is 16.1. The van der Waals surface area contributed by atoms with Crippen molar-refractivity contribution in [1.82, 2.24) is 0 Å². The molecule has 2 aromatic carbocycles. The van der Waals surface area contributed by atoms with E-state index in [0.717, 1.165) is 4.90 Å². The molecule has 0 aromatic heterocycles. The lowest BCUT2D eigenvalue weighted by atomic mass is 10.1. The molecular formula is C15H12N2O5. The first kappa shape index (κ1) is 15.2. The molecule has 0 saturated heterocycles. The van der Waals surface area contributed by atoms with Crippen molar-refractivity contribution in [2.75, 3.05) is 11.4 Å². The van der Waals surface area contributed by atoms with Crippen LogP contribution in [0.5, 0.6) is 0 Å². The second kappa shape index (κ2) is 6.49. The Morgan fingerprint density at radius 3 is 2.23 bits per heavy atom. The third-order valence-electron chi connectivity index (χ3n) is 2.93. The summed E-state index contributed by atoms with van der Waals surface area (Å²) in [5.41, 5.74) is -0.126. The normalized spacial score (nSPS) is 10.0. The minimum Gasteiger partial charge on any atom is -0.480 e. The summed E-state index contributed by atoms with van der Waals surface area (Å²) >= 11 is 0. The van der Waals surface area contributed by atoms with E-state index in [1.165, 1.54) is 36.4 Å². The Hall–Kier alpha value is -3.22. The first-order chi connectivity index (χ1) is 10.5. The van der Waals surface area contributed by atoms with Crippen LogP contribution < -0.4 is 4.90 Å². The molecule has 0 bridgehead atoms. The van der Waals surface area contributed by atoms with Crippen LogP contribution >= 0.6 is 0 Å². The SMILES string of the molecule is O=C(O)CN(C(=O)c1ccccc1)c1ccccc1[N+](=O)[O-]. The van der Waals surface area contributed by atoms with Gasteiger partial charge in [-0.15, -0.1) is 0 Å². The third kappa shape index (κ3) is 3.26. The monoisotopic (exact) mass is 300 g/mol. The Bertz CT molecular complexity index is 715. The third-order valence-corrected chi connectivity index (χ3v) is 2.93. The Morgan fingerprint density at radius 1 is 1.05 bits per heavy atom. The maximum Gasteiger partial charge on any atom is 0.323 e. The van der Waals surface area contributed by atoms with Crippen LogP contribution in [0, 0.1) is 10.1 Å². The summed E-state index contributed by atoms with van der Waals surface area (Å²) in [6, 6.07) is 13.5. The number of anilines is 1. The molecule has 7 nitrogen and oxygen atoms in total. The van der Waals surface area contributed by atoms with E-state index in [2.05, 4.69) is 0 Å². The fourth-order valence-corrected chi connectivity index (χ4v) is 1.98. The van der Waals surface area contributed by atoms with Gasteiger partial charge in [-0.2, -0.15) is 0 Å². The van der Waals surface area contributed by atoms with Crippen molar-refractivity contribution >= 4 is 23.3 Å². The molecule has 1 amide bonds. The van der Waals surface area contributed by atoms with Crippen molar-refractivity contribution in [3.63, 3.8) is 0 Å². The van der Waals surface area contributed by atoms with Crippen LogP contribution in [0.25, 0.3) is 0 Å². The smallest absolute Gasteiger partial charge is 0.323 e. The van der Waals surface area contributed by atoms with Gasteiger partial charge in [-0.05, 0) is 18.2 Å². The molecule has 2 rings (SSSR count). The van der Waals surface area contributed by atoms with E-state index in [-0.39, 0.29) is 16.9 Å². The van der Waals surface area contributed by atoms with Gasteiger partial charge < -0.3 is 5.11 Å². The Morgan fingerprint density at radius 2 is 1.64 bits per heavy atom. The number of nitro groups is 1. The van der Waals surface area contributed by atoms with E-state index < -0.39 is 23.3 Å². The number of hydrogen-bond donors (Lipinski definition) is 1. The van der Waals surface area contributed by atoms with Gasteiger partial charge in [0.05, 0.1) is 4.92 Å². The average Bonchev–Trinajstić information content (AvgIpc) is 2.52. The fourth-order valence-electron chi connectivity index (χ4n) is 1.98. The number of para-hydroxylation sites is 2. The van der Waals surface area contributed by atoms with Crippen LogP contribution in [-0.4, -0.2) is 28.5 Å². The molecule has 0 unspecified atom stereocenters. The fraction of sp³-hybridized carbons (Fsp3) is 0.0667. The molecule has 7 heteroatoms. The van der Waals surface area contributed by atoms with E-state index in [1.54, 1.807) is 18.2 Å². The zero-order valence-corrected chi connectivity index (χ0v) is 11.4. The molecular weight excluding hydrogens is 288 g/mol. The zero-order valence-electron chi connectivity index (χ0n) is 11.4. The van der Waals surface area contributed by atoms with Gasteiger partial charge in [0.1, 0.15) is 12.2 Å². The molecule has 0 aliphatic rings. The topological polar surface area (TPSA) is 101 Å². The summed E-state index contributed by atoms with van der Waals surface area (Å²) in [5.74, 6) is -1.88. The summed E-state index contributed by atoms with van der Waals surface area (Å²) in [6.07, 6.45) is 0. The van der Waals surface area contributed by atoms with Crippen molar-refractivity contribution < 1.29 is 19.6 Å². The first-order valence-corrected chi connectivity index (χ1v) is 6.33. The summed E-state index contributed by atoms with van der Waals surface area (Å²) < 4.78 is 0. The molecule has 0 fully saturated rings. The van der Waals surface area contributed by atoms with Gasteiger partial charge >= 0.3 is 5.97 Å². The van der Waals surface area contributed by atoms with Gasteiger partial charge in [-0.25, -0.2) is 0 Å². The molecule has 22 heavy (non-hydrogen) atoms. The van der Waals surface area contributed by atoms with Crippen LogP contribution in [0.1, 0.15) is 10.4 Å². The lowest BCUT2D eigenvalue weighted by Crippen LogP contribution is -2.36. The molecule has 0 saturated carbocycles. The van der Waals surface area contributed by atoms with Gasteiger partial charge in [0.2, 0.25) is 0 Å². The van der Waals surface area contributed by atoms with E-state index in [0.29, 0.717) is 0 Å². The number of rotatable bonds is 5. The largest absolute Gasteiger partial charge is 0.480 e. The van der Waals surface area contributed by atoms with Crippen molar-refractivity contribution in [1.29, 1.82) is 0 Å². The Kier molecular flexibility index (Phi) is 4.47. The first-order valence-electron chi connectivity index (χ1n) is 6.33. The summed E-state index contributed by atoms with van der Waals surface area (Å²) in [6.45, 7) is -0.668. The van der Waals surface area contributed by atoms with Gasteiger partial charge in [-0.1, -0.05) is 30.3 Å². The molecule has 2 aromatic rings. The highest BCUT2D eigenvalue weighted by atomic mass is 16.6. The van der Waals surface area contributed by atoms with Crippen molar-refractivity contribution in [3.8, 4) is 0 Å². The standard InChI is InChI=1S/C15H12N2O5/c18-14(19)10-16(15(20)11-6-2-1-3-7-11)12-8-4-5-9-13(12)17(21)22/h1-9H,10H2,(H,18,19). The number of benzene rings is 2. The molecule has 112 valence electrons. The van der Waals surface area contributed by atoms with Crippen LogP contribution in [0.15, 0.2) is 54.6 Å². The van der Waals surface area contributed by atoms with Gasteiger partial charge in [0.15, 0.2) is 0 Å². The van der Waals surface area contributed by atoms with Crippen molar-refractivity contribution in [2.45, 2.75) is 0 Å². The molecule has 0 spiro atoms. The number of carbonyl (C=O) groups excluding carboxylic acids is 1. The number of carboxylic acid groups (broad SMARTS) is 1. The van der Waals surface area contributed by atoms with E-state index >= 15 is 0 Å². The Labute approximate surface area is 125 Å². The highest BCUT2D eigenvalue weighted by Crippen LogP contribution is 2.28. The molecule has 0 aliphatic heterocycles. The predicted octanol–water partition coefficient (Wildman–Crippen LogP) is 2.33. The van der Waals surface area contributed by atoms with Crippen LogP contribution in [0.3, 0.4) is 0 Å². The maximum atomic E-state index is 12.5. The number of nitrogens with zero attached hydrogens (tertiary/aromatic N) is 2. The lowest BCUT2D eigenvalue weighted by Gasteiger charge is -2.20. The quantitative estimate of drug-likeness (QED) is 0.674. The molecule has 0 heterocycles. The lowest BCUT2D eigenvalue weighted by molar-refractivity contribution is -0.384. The van der Waals surface area contributed by atoms with E-state index in [9.17, 15) is 19.7 Å². The minimum absolute atomic E-state index is 0.0521. The van der Waals surface area contributed by atoms with Gasteiger partial charge in [0, 0.05) is 11.6 Å². The van der Waals surface area contributed by atoms with Crippen molar-refractivity contribution in [3.05, 3.63) is 70.3 Å². The van der Waals surface area contributed by atoms with Crippen LogP contribution in [0.4, 0.5) is 11.4 Å². The molecule has 0 aliphatic carbocycles. The second-order valence-corrected chi connectivity index (χ2v) is 4.40. The highest BCUT2D eigenvalue weighted by molar-refractivity contribution is 6.09. The van der Waals surface area contributed by atoms with E-state index in [1.807, 2.05) is 0 Å².